The summed E-state index contributed by atoms with van der Waals surface area (Å²) in [4.78, 5) is 8.81. The second-order valence-electron chi connectivity index (χ2n) is 4.12. The van der Waals surface area contributed by atoms with Crippen LogP contribution in [0.15, 0.2) is 16.7 Å². The van der Waals surface area contributed by atoms with Gasteiger partial charge in [-0.1, -0.05) is 25.4 Å². The summed E-state index contributed by atoms with van der Waals surface area (Å²) in [6.45, 7) is 6.13. The Morgan fingerprint density at radius 1 is 1.35 bits per heavy atom. The molecule has 0 saturated heterocycles. The lowest BCUT2D eigenvalue weighted by Gasteiger charge is -2.10. The van der Waals surface area contributed by atoms with Gasteiger partial charge < -0.3 is 4.42 Å². The van der Waals surface area contributed by atoms with E-state index in [4.69, 9.17) is 16.0 Å². The van der Waals surface area contributed by atoms with Crippen molar-refractivity contribution in [3.05, 3.63) is 32.3 Å². The Morgan fingerprint density at radius 2 is 2.06 bits per heavy atom. The molecule has 0 N–H and O–H groups in total. The molecule has 0 aliphatic carbocycles. The SMILES string of the molecule is Cc1ccoc1-c1nc(Cl)c(I)c(C(C)C)n1. The highest BCUT2D eigenvalue weighted by Gasteiger charge is 2.17. The van der Waals surface area contributed by atoms with Crippen LogP contribution in [-0.4, -0.2) is 9.97 Å². The van der Waals surface area contributed by atoms with Gasteiger partial charge in [-0.15, -0.1) is 0 Å². The monoisotopic (exact) mass is 362 g/mol. The first-order valence-electron chi connectivity index (χ1n) is 5.28. The molecule has 0 spiro atoms. The summed E-state index contributed by atoms with van der Waals surface area (Å²) in [5, 5.41) is 0.482. The van der Waals surface area contributed by atoms with Crippen molar-refractivity contribution in [3.8, 4) is 11.6 Å². The highest BCUT2D eigenvalue weighted by molar-refractivity contribution is 14.1. The quantitative estimate of drug-likeness (QED) is 0.586. The van der Waals surface area contributed by atoms with Gasteiger partial charge in [0.05, 0.1) is 15.5 Å². The molecular formula is C12H12ClIN2O. The largest absolute Gasteiger partial charge is 0.461 e. The van der Waals surface area contributed by atoms with Gasteiger partial charge in [0.2, 0.25) is 0 Å². The molecule has 0 aromatic carbocycles. The number of nitrogens with zero attached hydrogens (tertiary/aromatic N) is 2. The molecule has 17 heavy (non-hydrogen) atoms. The van der Waals surface area contributed by atoms with E-state index in [1.807, 2.05) is 13.0 Å². The molecule has 2 aromatic rings. The van der Waals surface area contributed by atoms with Crippen molar-refractivity contribution in [2.75, 3.05) is 0 Å². The zero-order valence-corrected chi connectivity index (χ0v) is 12.7. The van der Waals surface area contributed by atoms with Gasteiger partial charge in [0, 0.05) is 0 Å². The highest BCUT2D eigenvalue weighted by Crippen LogP contribution is 2.29. The summed E-state index contributed by atoms with van der Waals surface area (Å²) < 4.78 is 6.30. The minimum atomic E-state index is 0.302. The summed E-state index contributed by atoms with van der Waals surface area (Å²) >= 11 is 8.31. The van der Waals surface area contributed by atoms with Crippen molar-refractivity contribution in [3.63, 3.8) is 0 Å². The normalized spacial score (nSPS) is 11.2. The predicted molar refractivity (Wildman–Crippen MR) is 76.3 cm³/mol. The highest BCUT2D eigenvalue weighted by atomic mass is 127. The third kappa shape index (κ3) is 2.47. The molecule has 0 saturated carbocycles. The summed E-state index contributed by atoms with van der Waals surface area (Å²) in [5.41, 5.74) is 1.97. The fraction of sp³-hybridized carbons (Fsp3) is 0.333. The predicted octanol–water partition coefficient (Wildman–Crippen LogP) is 4.43. The molecule has 0 unspecified atom stereocenters. The molecular weight excluding hydrogens is 351 g/mol. The van der Waals surface area contributed by atoms with Gasteiger partial charge in [-0.2, -0.15) is 0 Å². The maximum Gasteiger partial charge on any atom is 0.197 e. The lowest BCUT2D eigenvalue weighted by Crippen LogP contribution is -2.02. The van der Waals surface area contributed by atoms with E-state index in [1.54, 1.807) is 6.26 Å². The first-order valence-corrected chi connectivity index (χ1v) is 6.73. The van der Waals surface area contributed by atoms with Gasteiger partial charge in [-0.05, 0) is 47.1 Å². The van der Waals surface area contributed by atoms with Crippen LogP contribution in [-0.2, 0) is 0 Å². The number of aromatic nitrogens is 2. The maximum absolute atomic E-state index is 6.13. The standard InChI is InChI=1S/C12H12ClIN2O/c1-6(2)9-8(14)11(13)16-12(15-9)10-7(3)4-5-17-10/h4-6H,1-3H3. The molecule has 90 valence electrons. The molecule has 2 heterocycles. The van der Waals surface area contributed by atoms with Crippen molar-refractivity contribution >= 4 is 34.2 Å². The van der Waals surface area contributed by atoms with Crippen LogP contribution >= 0.6 is 34.2 Å². The topological polar surface area (TPSA) is 38.9 Å². The Bertz CT molecular complexity index is 551. The van der Waals surface area contributed by atoms with Crippen LogP contribution in [0, 0.1) is 10.5 Å². The van der Waals surface area contributed by atoms with E-state index in [0.717, 1.165) is 14.8 Å². The van der Waals surface area contributed by atoms with Gasteiger partial charge in [0.1, 0.15) is 5.15 Å². The zero-order chi connectivity index (χ0) is 12.6. The first-order chi connectivity index (χ1) is 8.00. The summed E-state index contributed by atoms with van der Waals surface area (Å²) in [6, 6.07) is 1.89. The Morgan fingerprint density at radius 3 is 2.59 bits per heavy atom. The fourth-order valence-corrected chi connectivity index (χ4v) is 2.56. The fourth-order valence-electron chi connectivity index (χ4n) is 1.52. The molecule has 0 aliphatic rings. The molecule has 0 atom stereocenters. The number of rotatable bonds is 2. The number of hydrogen-bond donors (Lipinski definition) is 0. The first kappa shape index (κ1) is 12.8. The van der Waals surface area contributed by atoms with Gasteiger partial charge in [-0.25, -0.2) is 9.97 Å². The third-order valence-electron chi connectivity index (χ3n) is 2.45. The molecule has 2 rings (SSSR count). The van der Waals surface area contributed by atoms with E-state index >= 15 is 0 Å². The van der Waals surface area contributed by atoms with Crippen molar-refractivity contribution in [1.29, 1.82) is 0 Å². The zero-order valence-electron chi connectivity index (χ0n) is 9.79. The molecule has 0 radical (unpaired) electrons. The number of halogens is 2. The third-order valence-corrected chi connectivity index (χ3v) is 4.10. The Labute approximate surface area is 119 Å². The van der Waals surface area contributed by atoms with E-state index in [2.05, 4.69) is 46.4 Å². The van der Waals surface area contributed by atoms with E-state index in [-0.39, 0.29) is 0 Å². The van der Waals surface area contributed by atoms with E-state index in [1.165, 1.54) is 0 Å². The average Bonchev–Trinajstić information content (AvgIpc) is 2.68. The van der Waals surface area contributed by atoms with Gasteiger partial charge in [-0.3, -0.25) is 0 Å². The summed E-state index contributed by atoms with van der Waals surface area (Å²) in [5.74, 6) is 1.54. The molecule has 0 amide bonds. The van der Waals surface area contributed by atoms with Gasteiger partial charge in [0.25, 0.3) is 0 Å². The van der Waals surface area contributed by atoms with E-state index in [9.17, 15) is 0 Å². The average molecular weight is 363 g/mol. The van der Waals surface area contributed by atoms with Crippen LogP contribution in [0.4, 0.5) is 0 Å². The Hall–Kier alpha value is -0.620. The number of hydrogen-bond acceptors (Lipinski definition) is 3. The van der Waals surface area contributed by atoms with Crippen LogP contribution < -0.4 is 0 Å². The van der Waals surface area contributed by atoms with Crippen LogP contribution in [0.5, 0.6) is 0 Å². The number of aryl methyl sites for hydroxylation is 1. The summed E-state index contributed by atoms with van der Waals surface area (Å²) in [7, 11) is 0. The Kier molecular flexibility index (Phi) is 3.73. The summed E-state index contributed by atoms with van der Waals surface area (Å²) in [6.07, 6.45) is 1.63. The van der Waals surface area contributed by atoms with E-state index < -0.39 is 0 Å². The van der Waals surface area contributed by atoms with Crippen LogP contribution in [0.2, 0.25) is 5.15 Å². The number of furan rings is 1. The van der Waals surface area contributed by atoms with Crippen molar-refractivity contribution in [2.45, 2.75) is 26.7 Å². The molecule has 0 bridgehead atoms. The minimum Gasteiger partial charge on any atom is -0.461 e. The van der Waals surface area contributed by atoms with Crippen LogP contribution in [0.3, 0.4) is 0 Å². The lowest BCUT2D eigenvalue weighted by molar-refractivity contribution is 0.574. The second-order valence-corrected chi connectivity index (χ2v) is 5.56. The lowest BCUT2D eigenvalue weighted by atomic mass is 10.1. The molecule has 0 fully saturated rings. The van der Waals surface area contributed by atoms with Gasteiger partial charge >= 0.3 is 0 Å². The van der Waals surface area contributed by atoms with Crippen LogP contribution in [0.1, 0.15) is 31.0 Å². The van der Waals surface area contributed by atoms with Crippen LogP contribution in [0.25, 0.3) is 11.6 Å². The smallest absolute Gasteiger partial charge is 0.197 e. The van der Waals surface area contributed by atoms with Crippen molar-refractivity contribution in [1.82, 2.24) is 9.97 Å². The van der Waals surface area contributed by atoms with Crippen molar-refractivity contribution in [2.24, 2.45) is 0 Å². The van der Waals surface area contributed by atoms with E-state index in [0.29, 0.717) is 22.7 Å². The Balaban J connectivity index is 2.61. The second kappa shape index (κ2) is 4.94. The molecule has 3 nitrogen and oxygen atoms in total. The van der Waals surface area contributed by atoms with Gasteiger partial charge in [0.15, 0.2) is 11.6 Å². The maximum atomic E-state index is 6.13. The minimum absolute atomic E-state index is 0.302. The van der Waals surface area contributed by atoms with Crippen molar-refractivity contribution < 1.29 is 4.42 Å². The molecule has 5 heteroatoms. The molecule has 2 aromatic heterocycles. The molecule has 0 aliphatic heterocycles.